The van der Waals surface area contributed by atoms with Crippen LogP contribution in [0.25, 0.3) is 16.6 Å². The van der Waals surface area contributed by atoms with Crippen LogP contribution in [0.1, 0.15) is 151 Å². The number of fused-ring (bicyclic) bond motifs is 4. The zero-order valence-electron chi connectivity index (χ0n) is 52.2. The standard InChI is InChI=1S/C73H102N9P/c1-17-58-51(9)62(58)37-47(5)74-35-24-20-21-25-46(4)75-41-48(6)76-43-50(8)81(16)67(38-56-26-22-19-23-27-56)54(12)77-42-49(7)80(15)36-34-60(57-29-30-57)53(11)78-65-33-32-59-52(10)69(83)40-66-70(59)71(65)63-44-82-55(13)61-31-28-45(3)73(14,18-2)64(61)39-68(82)72(63)79-66/h19,22-23,26-27,39-40,51,57-58,60,62,65,67,74-78H,3-8,11-13,17-18,20-21,24-25,28-38,41-44,83H2,1-2,9-10,14-16H3/t51?,58?,60?,62?,65?,67?,73-/m0/s1. The molecule has 2 aliphatic heterocycles. The summed E-state index contributed by atoms with van der Waals surface area (Å²) in [5, 5.41) is 21.0. The van der Waals surface area contributed by atoms with Crippen molar-refractivity contribution in [3.8, 4) is 0 Å². The fourth-order valence-electron chi connectivity index (χ4n) is 14.3. The normalized spacial score (nSPS) is 21.9. The van der Waals surface area contributed by atoms with Crippen LogP contribution in [0.5, 0.6) is 0 Å². The number of pyridine rings is 1. The Morgan fingerprint density at radius 1 is 0.831 bits per heavy atom. The highest BCUT2D eigenvalue weighted by atomic mass is 31.0. The minimum absolute atomic E-state index is 0.0363. The van der Waals surface area contributed by atoms with Crippen LogP contribution in [0.3, 0.4) is 0 Å². The third-order valence-corrected chi connectivity index (χ3v) is 21.2. The van der Waals surface area contributed by atoms with Gasteiger partial charge in [0, 0.05) is 95.0 Å². The third-order valence-electron chi connectivity index (χ3n) is 20.6. The summed E-state index contributed by atoms with van der Waals surface area (Å²) in [5.41, 5.74) is 22.6. The number of nitrogens with one attached hydrogen (secondary N) is 5. The largest absolute Gasteiger partial charge is 0.389 e. The molecule has 6 aliphatic rings. The average Bonchev–Trinajstić information content (AvgIpc) is 2.31. The molecule has 0 bridgehead atoms. The first-order valence-electron chi connectivity index (χ1n) is 31.6. The molecule has 0 amide bonds. The van der Waals surface area contributed by atoms with Crippen molar-refractivity contribution in [2.45, 2.75) is 150 Å². The van der Waals surface area contributed by atoms with Crippen molar-refractivity contribution in [1.82, 2.24) is 46.3 Å². The highest BCUT2D eigenvalue weighted by molar-refractivity contribution is 7.27. The molecule has 2 aromatic carbocycles. The summed E-state index contributed by atoms with van der Waals surface area (Å²) >= 11 is 0. The van der Waals surface area contributed by atoms with E-state index in [4.69, 9.17) is 18.1 Å². The lowest BCUT2D eigenvalue weighted by Gasteiger charge is -2.43. The molecule has 9 rings (SSSR count). The lowest BCUT2D eigenvalue weighted by Crippen LogP contribution is -2.42. The summed E-state index contributed by atoms with van der Waals surface area (Å²) in [7, 11) is 7.31. The predicted molar refractivity (Wildman–Crippen MR) is 357 cm³/mol. The second-order valence-corrected chi connectivity index (χ2v) is 26.5. The van der Waals surface area contributed by atoms with Gasteiger partial charge in [0.05, 0.1) is 55.2 Å². The van der Waals surface area contributed by atoms with E-state index in [-0.39, 0.29) is 17.5 Å². The summed E-state index contributed by atoms with van der Waals surface area (Å²) in [6.45, 7) is 57.1. The fraction of sp³-hybridized carbons (Fsp3) is 0.493. The van der Waals surface area contributed by atoms with Crippen LogP contribution in [-0.2, 0) is 19.4 Å². The van der Waals surface area contributed by atoms with Gasteiger partial charge in [-0.25, -0.2) is 4.98 Å². The molecule has 0 saturated heterocycles. The maximum atomic E-state index is 5.58. The van der Waals surface area contributed by atoms with Crippen molar-refractivity contribution in [2.75, 3.05) is 46.8 Å². The Morgan fingerprint density at radius 2 is 1.57 bits per heavy atom. The van der Waals surface area contributed by atoms with E-state index >= 15 is 0 Å². The van der Waals surface area contributed by atoms with Gasteiger partial charge in [-0.3, -0.25) is 0 Å². The molecule has 4 aliphatic carbocycles. The first-order valence-corrected chi connectivity index (χ1v) is 32.1. The van der Waals surface area contributed by atoms with Gasteiger partial charge in [-0.1, -0.05) is 136 Å². The van der Waals surface area contributed by atoms with Gasteiger partial charge in [0.25, 0.3) is 0 Å². The molecule has 83 heavy (non-hydrogen) atoms. The van der Waals surface area contributed by atoms with Gasteiger partial charge in [-0.2, -0.15) is 0 Å². The topological polar surface area (TPSA) is 82.8 Å². The number of hydrogen-bond donors (Lipinski definition) is 5. The first-order chi connectivity index (χ1) is 39.7. The van der Waals surface area contributed by atoms with E-state index in [1.165, 1.54) is 91.6 Å². The second kappa shape index (κ2) is 26.4. The molecule has 1 aromatic heterocycles. The Morgan fingerprint density at radius 3 is 2.28 bits per heavy atom. The van der Waals surface area contributed by atoms with E-state index in [1.807, 2.05) is 0 Å². The van der Waals surface area contributed by atoms with Crippen LogP contribution < -0.4 is 31.9 Å². The lowest BCUT2D eigenvalue weighted by atomic mass is 9.65. The Labute approximate surface area is 503 Å². The predicted octanol–water partition coefficient (Wildman–Crippen LogP) is 14.5. The van der Waals surface area contributed by atoms with Crippen molar-refractivity contribution in [1.29, 1.82) is 0 Å². The van der Waals surface area contributed by atoms with E-state index < -0.39 is 0 Å². The van der Waals surface area contributed by atoms with Crippen molar-refractivity contribution < 1.29 is 0 Å². The maximum Gasteiger partial charge on any atom is 0.0928 e. The zero-order chi connectivity index (χ0) is 59.4. The van der Waals surface area contributed by atoms with Gasteiger partial charge in [-0.05, 0) is 165 Å². The minimum atomic E-state index is -0.0720. The number of hydrogen-bond acceptors (Lipinski definition) is 9. The van der Waals surface area contributed by atoms with Crippen LogP contribution in [0.2, 0.25) is 0 Å². The smallest absolute Gasteiger partial charge is 0.0928 e. The van der Waals surface area contributed by atoms with E-state index in [0.717, 1.165) is 160 Å². The highest BCUT2D eigenvalue weighted by Crippen LogP contribution is 2.56. The van der Waals surface area contributed by atoms with Crippen molar-refractivity contribution in [3.63, 3.8) is 0 Å². The molecule has 5 N–H and O–H groups in total. The highest BCUT2D eigenvalue weighted by Gasteiger charge is 2.46. The minimum Gasteiger partial charge on any atom is -0.389 e. The molecule has 2 saturated carbocycles. The number of likely N-dealkylation sites (N-methyl/N-ethyl adjacent to an activating group) is 2. The van der Waals surface area contributed by atoms with E-state index in [1.54, 1.807) is 0 Å². The molecule has 8 atom stereocenters. The molecule has 9 nitrogen and oxygen atoms in total. The first kappa shape index (κ1) is 61.4. The van der Waals surface area contributed by atoms with Crippen LogP contribution >= 0.6 is 9.24 Å². The van der Waals surface area contributed by atoms with Crippen LogP contribution in [0, 0.1) is 41.9 Å². The second-order valence-electron chi connectivity index (χ2n) is 25.9. The molecular formula is C73H102N9P. The molecule has 3 aromatic rings. The summed E-state index contributed by atoms with van der Waals surface area (Å²) in [5.74, 6) is 3.56. The summed E-state index contributed by atoms with van der Waals surface area (Å²) in [4.78, 5) is 12.6. The number of unbranched alkanes of at least 4 members (excludes halogenated alkanes) is 2. The lowest BCUT2D eigenvalue weighted by molar-refractivity contribution is 0.314. The summed E-state index contributed by atoms with van der Waals surface area (Å²) in [6.07, 6.45) is 18.6. The third kappa shape index (κ3) is 13.5. The van der Waals surface area contributed by atoms with Gasteiger partial charge in [0.2, 0.25) is 0 Å². The molecule has 0 spiro atoms. The van der Waals surface area contributed by atoms with Gasteiger partial charge >= 0.3 is 0 Å². The number of benzene rings is 2. The van der Waals surface area contributed by atoms with Gasteiger partial charge in [0.15, 0.2) is 0 Å². The quantitative estimate of drug-likeness (QED) is 0.0233. The fourth-order valence-corrected chi connectivity index (χ4v) is 14.6. The molecular weight excluding hydrogens is 1030 g/mol. The molecule has 444 valence electrons. The Bertz CT molecular complexity index is 3120. The molecule has 0 radical (unpaired) electrons. The summed E-state index contributed by atoms with van der Waals surface area (Å²) < 4.78 is 0. The van der Waals surface area contributed by atoms with Crippen molar-refractivity contribution in [2.24, 2.45) is 35.0 Å². The van der Waals surface area contributed by atoms with E-state index in [2.05, 4.69) is 188 Å². The summed E-state index contributed by atoms with van der Waals surface area (Å²) in [6, 6.07) is 13.1. The van der Waals surface area contributed by atoms with Crippen molar-refractivity contribution >= 4 is 31.1 Å². The SMILES string of the molecule is C=C(CCCCCNC(=C)CC1C(C)C1CC)NCC(=C)NCC(=C)N(C)C(Cc1ccccc1)C(=C)NCC(=C)N(C)CCC(C(=C)NC1CCc2c(C)c(P)cc3nc4c(c1c23)CN1C(=C)C2=C(C=C41)[C@@](C)(CC)C(=C)CC2)C1CC1. The molecule has 7 unspecified atom stereocenters. The van der Waals surface area contributed by atoms with Crippen molar-refractivity contribution in [3.05, 3.63) is 197 Å². The molecule has 2 fully saturated rings. The monoisotopic (exact) mass is 1140 g/mol. The zero-order valence-corrected chi connectivity index (χ0v) is 53.3. The van der Waals surface area contributed by atoms with E-state index in [0.29, 0.717) is 31.5 Å². The average molecular weight is 1140 g/mol. The number of nitrogens with zero attached hydrogens (tertiary/aromatic N) is 4. The molecule has 3 heterocycles. The Kier molecular flexibility index (Phi) is 19.5. The number of allylic oxidation sites excluding steroid dienone is 7. The number of rotatable bonds is 33. The number of aryl methyl sites for hydroxylation is 1. The van der Waals surface area contributed by atoms with Crippen LogP contribution in [0.4, 0.5) is 0 Å². The van der Waals surface area contributed by atoms with Gasteiger partial charge < -0.3 is 41.3 Å². The Balaban J connectivity index is 0.769. The Hall–Kier alpha value is -6.18. The maximum absolute atomic E-state index is 5.58. The van der Waals surface area contributed by atoms with Gasteiger partial charge in [0.1, 0.15) is 0 Å². The van der Waals surface area contributed by atoms with E-state index in [9.17, 15) is 0 Å². The van der Waals surface area contributed by atoms with Gasteiger partial charge in [-0.15, -0.1) is 9.24 Å². The molecule has 10 heteroatoms. The van der Waals surface area contributed by atoms with Crippen LogP contribution in [0.15, 0.2) is 164 Å². The van der Waals surface area contributed by atoms with Crippen LogP contribution in [-0.4, -0.2) is 72.5 Å². The number of aromatic nitrogens is 1.